The van der Waals surface area contributed by atoms with E-state index in [0.717, 1.165) is 31.6 Å². The van der Waals surface area contributed by atoms with Crippen molar-refractivity contribution in [3.63, 3.8) is 0 Å². The summed E-state index contributed by atoms with van der Waals surface area (Å²) in [5, 5.41) is 3.33. The van der Waals surface area contributed by atoms with Crippen molar-refractivity contribution in [3.05, 3.63) is 41.5 Å². The molecule has 2 aliphatic heterocycles. The number of carbonyl (C=O) groups excluding carboxylic acids is 1. The molecule has 18 heavy (non-hydrogen) atoms. The first-order valence-electron chi connectivity index (χ1n) is 6.53. The second kappa shape index (κ2) is 4.48. The van der Waals surface area contributed by atoms with Gasteiger partial charge in [0.25, 0.3) is 0 Å². The van der Waals surface area contributed by atoms with E-state index in [0.29, 0.717) is 0 Å². The number of hydrogen-bond acceptors (Lipinski definition) is 2. The lowest BCUT2D eigenvalue weighted by molar-refractivity contribution is -0.131. The molecule has 1 aromatic carbocycles. The molecule has 0 fully saturated rings. The van der Waals surface area contributed by atoms with Gasteiger partial charge in [0.2, 0.25) is 5.91 Å². The predicted octanol–water partition coefficient (Wildman–Crippen LogP) is 2.20. The number of carbonyl (C=O) groups is 1. The predicted molar refractivity (Wildman–Crippen MR) is 72.5 cm³/mol. The van der Waals surface area contributed by atoms with Gasteiger partial charge in [0.1, 0.15) is 6.04 Å². The maximum Gasteiger partial charge on any atom is 0.245 e. The molecule has 0 aromatic heterocycles. The Morgan fingerprint density at radius 3 is 2.94 bits per heavy atom. The molecule has 3 rings (SSSR count). The highest BCUT2D eigenvalue weighted by molar-refractivity contribution is 5.87. The molecule has 1 atom stereocenters. The Balaban J connectivity index is 1.69. The Hall–Kier alpha value is -1.77. The SMILES string of the molecule is CC1=CCN(C(=O)[C@@H]2Cc3ccccc3N2)CC1. The molecule has 0 saturated carbocycles. The van der Waals surface area contributed by atoms with E-state index in [1.54, 1.807) is 0 Å². The fraction of sp³-hybridized carbons (Fsp3) is 0.400. The van der Waals surface area contributed by atoms with Crippen LogP contribution in [0, 0.1) is 0 Å². The van der Waals surface area contributed by atoms with Crippen molar-refractivity contribution >= 4 is 11.6 Å². The van der Waals surface area contributed by atoms with Crippen molar-refractivity contribution < 1.29 is 4.79 Å². The monoisotopic (exact) mass is 242 g/mol. The van der Waals surface area contributed by atoms with Gasteiger partial charge in [-0.25, -0.2) is 0 Å². The average Bonchev–Trinajstić information content (AvgIpc) is 2.82. The topological polar surface area (TPSA) is 32.3 Å². The van der Waals surface area contributed by atoms with Crippen LogP contribution in [0.1, 0.15) is 18.9 Å². The van der Waals surface area contributed by atoms with Gasteiger partial charge in [-0.1, -0.05) is 29.8 Å². The zero-order valence-corrected chi connectivity index (χ0v) is 10.6. The maximum atomic E-state index is 12.4. The lowest BCUT2D eigenvalue weighted by atomic mass is 10.1. The summed E-state index contributed by atoms with van der Waals surface area (Å²) in [6, 6.07) is 8.10. The van der Waals surface area contributed by atoms with Crippen LogP contribution in [0.4, 0.5) is 5.69 Å². The Morgan fingerprint density at radius 2 is 2.22 bits per heavy atom. The summed E-state index contributed by atoms with van der Waals surface area (Å²) >= 11 is 0. The molecule has 0 aliphatic carbocycles. The zero-order valence-electron chi connectivity index (χ0n) is 10.6. The molecule has 0 saturated heterocycles. The largest absolute Gasteiger partial charge is 0.373 e. The van der Waals surface area contributed by atoms with Crippen molar-refractivity contribution in [2.75, 3.05) is 18.4 Å². The van der Waals surface area contributed by atoms with E-state index in [1.807, 2.05) is 23.1 Å². The van der Waals surface area contributed by atoms with Crippen molar-refractivity contribution in [1.82, 2.24) is 4.90 Å². The van der Waals surface area contributed by atoms with Gasteiger partial charge in [0.15, 0.2) is 0 Å². The lowest BCUT2D eigenvalue weighted by Crippen LogP contribution is -2.43. The van der Waals surface area contributed by atoms with Crippen LogP contribution in [0.15, 0.2) is 35.9 Å². The summed E-state index contributed by atoms with van der Waals surface area (Å²) < 4.78 is 0. The first-order valence-corrected chi connectivity index (χ1v) is 6.53. The Bertz CT molecular complexity index is 482. The zero-order chi connectivity index (χ0) is 12.5. The van der Waals surface area contributed by atoms with Gasteiger partial charge in [0.05, 0.1) is 0 Å². The van der Waals surface area contributed by atoms with E-state index in [1.165, 1.54) is 11.1 Å². The lowest BCUT2D eigenvalue weighted by Gasteiger charge is -2.28. The second-order valence-corrected chi connectivity index (χ2v) is 5.14. The third-order valence-corrected chi connectivity index (χ3v) is 3.82. The average molecular weight is 242 g/mol. The second-order valence-electron chi connectivity index (χ2n) is 5.14. The number of amides is 1. The third-order valence-electron chi connectivity index (χ3n) is 3.82. The Kier molecular flexibility index (Phi) is 2.82. The molecule has 3 nitrogen and oxygen atoms in total. The minimum Gasteiger partial charge on any atom is -0.373 e. The van der Waals surface area contributed by atoms with Gasteiger partial charge in [-0.15, -0.1) is 0 Å². The first kappa shape index (κ1) is 11.3. The molecule has 94 valence electrons. The molecule has 1 N–H and O–H groups in total. The number of rotatable bonds is 1. The Labute approximate surface area is 107 Å². The quantitative estimate of drug-likeness (QED) is 0.766. The van der Waals surface area contributed by atoms with Crippen LogP contribution in [0.25, 0.3) is 0 Å². The molecule has 0 bridgehead atoms. The number of nitrogens with one attached hydrogen (secondary N) is 1. The maximum absolute atomic E-state index is 12.4. The molecule has 3 heteroatoms. The van der Waals surface area contributed by atoms with Crippen LogP contribution in [-0.4, -0.2) is 29.9 Å². The Morgan fingerprint density at radius 1 is 1.39 bits per heavy atom. The number of nitrogens with zero attached hydrogens (tertiary/aromatic N) is 1. The summed E-state index contributed by atoms with van der Waals surface area (Å²) in [6.45, 7) is 3.75. The first-order chi connectivity index (χ1) is 8.74. The van der Waals surface area contributed by atoms with Gasteiger partial charge in [-0.3, -0.25) is 4.79 Å². The van der Waals surface area contributed by atoms with Crippen LogP contribution in [0.2, 0.25) is 0 Å². The fourth-order valence-electron chi connectivity index (χ4n) is 2.64. The van der Waals surface area contributed by atoms with Crippen LogP contribution in [-0.2, 0) is 11.2 Å². The van der Waals surface area contributed by atoms with Crippen LogP contribution in [0.3, 0.4) is 0 Å². The fourth-order valence-corrected chi connectivity index (χ4v) is 2.64. The van der Waals surface area contributed by atoms with Crippen LogP contribution < -0.4 is 5.32 Å². The van der Waals surface area contributed by atoms with Gasteiger partial charge >= 0.3 is 0 Å². The third kappa shape index (κ3) is 2.01. The molecule has 0 spiro atoms. The molecule has 0 radical (unpaired) electrons. The molecule has 1 amide bonds. The minimum atomic E-state index is -0.0748. The van der Waals surface area contributed by atoms with Crippen molar-refractivity contribution in [3.8, 4) is 0 Å². The molecular weight excluding hydrogens is 224 g/mol. The van der Waals surface area contributed by atoms with E-state index >= 15 is 0 Å². The van der Waals surface area contributed by atoms with E-state index in [-0.39, 0.29) is 11.9 Å². The van der Waals surface area contributed by atoms with Gasteiger partial charge in [0, 0.05) is 25.2 Å². The van der Waals surface area contributed by atoms with Gasteiger partial charge in [-0.05, 0) is 25.0 Å². The molecular formula is C15H18N2O. The molecule has 1 aromatic rings. The highest BCUT2D eigenvalue weighted by Crippen LogP contribution is 2.26. The number of para-hydroxylation sites is 1. The van der Waals surface area contributed by atoms with Crippen molar-refractivity contribution in [2.24, 2.45) is 0 Å². The number of fused-ring (bicyclic) bond motifs is 1. The van der Waals surface area contributed by atoms with E-state index < -0.39 is 0 Å². The van der Waals surface area contributed by atoms with Gasteiger partial charge < -0.3 is 10.2 Å². The summed E-state index contributed by atoms with van der Waals surface area (Å²) in [4.78, 5) is 14.4. The summed E-state index contributed by atoms with van der Waals surface area (Å²) in [5.41, 5.74) is 3.75. The standard InChI is InChI=1S/C15H18N2O/c1-11-6-8-17(9-7-11)15(18)14-10-12-4-2-3-5-13(12)16-14/h2-6,14,16H,7-10H2,1H3/t14-/m0/s1. The molecule has 2 aliphatic rings. The summed E-state index contributed by atoms with van der Waals surface area (Å²) in [7, 11) is 0. The smallest absolute Gasteiger partial charge is 0.245 e. The highest BCUT2D eigenvalue weighted by atomic mass is 16.2. The van der Waals surface area contributed by atoms with Crippen molar-refractivity contribution in [1.29, 1.82) is 0 Å². The van der Waals surface area contributed by atoms with E-state index in [2.05, 4.69) is 24.4 Å². The number of anilines is 1. The normalized spacial score (nSPS) is 22.2. The van der Waals surface area contributed by atoms with E-state index in [9.17, 15) is 4.79 Å². The minimum absolute atomic E-state index is 0.0748. The van der Waals surface area contributed by atoms with Crippen LogP contribution in [0.5, 0.6) is 0 Å². The summed E-state index contributed by atoms with van der Waals surface area (Å²) in [5.74, 6) is 0.231. The van der Waals surface area contributed by atoms with Gasteiger partial charge in [-0.2, -0.15) is 0 Å². The summed E-state index contributed by atoms with van der Waals surface area (Å²) in [6.07, 6.45) is 3.98. The van der Waals surface area contributed by atoms with Crippen molar-refractivity contribution in [2.45, 2.75) is 25.8 Å². The molecule has 2 heterocycles. The number of hydrogen-bond donors (Lipinski definition) is 1. The van der Waals surface area contributed by atoms with E-state index in [4.69, 9.17) is 0 Å². The molecule has 0 unspecified atom stereocenters. The highest BCUT2D eigenvalue weighted by Gasteiger charge is 2.30. The van der Waals surface area contributed by atoms with Crippen LogP contribution >= 0.6 is 0 Å². The number of benzene rings is 1.